The number of halogens is 2. The van der Waals surface area contributed by atoms with Gasteiger partial charge in [-0.15, -0.1) is 23.7 Å². The van der Waals surface area contributed by atoms with Crippen molar-refractivity contribution in [1.29, 1.82) is 0 Å². The summed E-state index contributed by atoms with van der Waals surface area (Å²) in [5, 5.41) is 3.94. The molecule has 1 saturated heterocycles. The molecule has 0 saturated carbocycles. The maximum absolute atomic E-state index is 14.1. The molecule has 1 fully saturated rings. The molecule has 2 aromatic carbocycles. The zero-order valence-electron chi connectivity index (χ0n) is 17.5. The molecule has 10 heteroatoms. The molecule has 0 amide bonds. The van der Waals surface area contributed by atoms with Crippen molar-refractivity contribution < 1.29 is 13.9 Å². The van der Waals surface area contributed by atoms with Crippen molar-refractivity contribution in [3.63, 3.8) is 0 Å². The van der Waals surface area contributed by atoms with E-state index >= 15 is 0 Å². The van der Waals surface area contributed by atoms with Gasteiger partial charge in [-0.3, -0.25) is 0 Å². The van der Waals surface area contributed by atoms with Crippen LogP contribution in [0.4, 0.5) is 9.39 Å². The highest BCUT2D eigenvalue weighted by molar-refractivity contribution is 7.13. The van der Waals surface area contributed by atoms with Crippen LogP contribution in [0.5, 0.6) is 0 Å². The Kier molecular flexibility index (Phi) is 6.62. The summed E-state index contributed by atoms with van der Waals surface area (Å²) in [4.78, 5) is 25.3. The number of aliphatic imine (C=N–C) groups is 2. The minimum absolute atomic E-state index is 0. The second-order valence-electron chi connectivity index (χ2n) is 7.41. The van der Waals surface area contributed by atoms with Crippen molar-refractivity contribution in [2.75, 3.05) is 26.2 Å². The van der Waals surface area contributed by atoms with E-state index in [0.717, 1.165) is 5.00 Å². The average molecular weight is 486 g/mol. The third-order valence-corrected chi connectivity index (χ3v) is 6.16. The average Bonchev–Trinajstić information content (AvgIpc) is 3.44. The fourth-order valence-corrected chi connectivity index (χ4v) is 4.33. The molecule has 0 spiro atoms. The van der Waals surface area contributed by atoms with Crippen LogP contribution in [0.15, 0.2) is 75.8 Å². The number of fused-ring (bicyclic) bond motifs is 1. The Labute approximate surface area is 200 Å². The molecule has 2 aliphatic rings. The first-order chi connectivity index (χ1) is 15.6. The molecule has 0 unspecified atom stereocenters. The fraction of sp³-hybridized carbons (Fsp3) is 0.174. The Bertz CT molecular complexity index is 1270. The lowest BCUT2D eigenvalue weighted by Gasteiger charge is -2.34. The lowest BCUT2D eigenvalue weighted by molar-refractivity contribution is -0.130. The lowest BCUT2D eigenvalue weighted by atomic mass is 10.0. The summed E-state index contributed by atoms with van der Waals surface area (Å²) in [6.45, 7) is 2.70. The van der Waals surface area contributed by atoms with E-state index in [2.05, 4.69) is 9.98 Å². The summed E-state index contributed by atoms with van der Waals surface area (Å²) in [6, 6.07) is 13.8. The van der Waals surface area contributed by atoms with Crippen LogP contribution in [0.1, 0.15) is 5.56 Å². The Morgan fingerprint density at radius 2 is 1.85 bits per heavy atom. The molecule has 170 valence electrons. The van der Waals surface area contributed by atoms with E-state index in [1.54, 1.807) is 30.5 Å². The Balaban J connectivity index is 0.00000259. The molecule has 0 radical (unpaired) electrons. The van der Waals surface area contributed by atoms with Crippen LogP contribution in [0.2, 0.25) is 0 Å². The number of esters is 1. The van der Waals surface area contributed by atoms with Crippen LogP contribution < -0.4 is 5.73 Å². The highest BCUT2D eigenvalue weighted by atomic mass is 35.5. The third-order valence-electron chi connectivity index (χ3n) is 5.40. The zero-order chi connectivity index (χ0) is 22.1. The number of ether oxygens (including phenoxy) is 1. The topological polar surface area (TPSA) is 83.5 Å². The summed E-state index contributed by atoms with van der Waals surface area (Å²) < 4.78 is 19.5. The molecule has 2 aliphatic heterocycles. The molecule has 5 rings (SSSR count). The Hall–Kier alpha value is -3.43. The van der Waals surface area contributed by atoms with E-state index < -0.39 is 5.97 Å². The molecule has 0 atom stereocenters. The first-order valence-corrected chi connectivity index (χ1v) is 11.0. The maximum Gasteiger partial charge on any atom is 0.365 e. The van der Waals surface area contributed by atoms with Crippen molar-refractivity contribution in [2.24, 2.45) is 15.7 Å². The van der Waals surface area contributed by atoms with Gasteiger partial charge in [0.15, 0.2) is 11.7 Å². The number of hydrogen-bond acceptors (Lipinski definition) is 6. The highest BCUT2D eigenvalue weighted by Gasteiger charge is 2.27. The smallest absolute Gasteiger partial charge is 0.365 e. The minimum atomic E-state index is -0.519. The number of piperazine rings is 1. The van der Waals surface area contributed by atoms with Gasteiger partial charge in [0.05, 0.1) is 0 Å². The first-order valence-electron chi connectivity index (χ1n) is 10.2. The number of cyclic esters (lactones) is 1. The number of nitrogens with two attached hydrogens (primary N) is 1. The molecular formula is C23H21ClFN5O2S. The van der Waals surface area contributed by atoms with Crippen molar-refractivity contribution in [2.45, 2.75) is 0 Å². The van der Waals surface area contributed by atoms with Gasteiger partial charge in [0.2, 0.25) is 5.90 Å². The molecular weight excluding hydrogens is 465 g/mol. The van der Waals surface area contributed by atoms with Gasteiger partial charge < -0.3 is 20.3 Å². The SMILES string of the molecule is Cl.N/C(=N\c1cccs1)N1CCN(C=C2N=C(c3ccc(F)c4ccccc34)OC2=O)CC1. The van der Waals surface area contributed by atoms with Crippen LogP contribution in [-0.2, 0) is 9.53 Å². The van der Waals surface area contributed by atoms with E-state index in [1.807, 2.05) is 33.4 Å². The molecule has 1 aromatic heterocycles. The monoisotopic (exact) mass is 485 g/mol. The number of thiophene rings is 1. The molecule has 3 heterocycles. The predicted molar refractivity (Wildman–Crippen MR) is 131 cm³/mol. The molecule has 3 aromatic rings. The van der Waals surface area contributed by atoms with Crippen molar-refractivity contribution >= 4 is 57.3 Å². The summed E-state index contributed by atoms with van der Waals surface area (Å²) >= 11 is 1.54. The van der Waals surface area contributed by atoms with Crippen LogP contribution in [-0.4, -0.2) is 53.8 Å². The van der Waals surface area contributed by atoms with E-state index in [9.17, 15) is 9.18 Å². The fourth-order valence-electron chi connectivity index (χ4n) is 3.73. The summed E-state index contributed by atoms with van der Waals surface area (Å²) in [5.41, 5.74) is 6.94. The van der Waals surface area contributed by atoms with Gasteiger partial charge >= 0.3 is 5.97 Å². The van der Waals surface area contributed by atoms with Crippen molar-refractivity contribution in [3.05, 3.63) is 77.2 Å². The summed E-state index contributed by atoms with van der Waals surface area (Å²) in [5.74, 6) is -0.175. The first kappa shape index (κ1) is 22.8. The number of benzene rings is 2. The van der Waals surface area contributed by atoms with E-state index in [1.165, 1.54) is 17.4 Å². The number of nitrogens with zero attached hydrogens (tertiary/aromatic N) is 4. The van der Waals surface area contributed by atoms with Crippen LogP contribution in [0.25, 0.3) is 10.8 Å². The second kappa shape index (κ2) is 9.60. The molecule has 0 bridgehead atoms. The number of carbonyl (C=O) groups is 1. The van der Waals surface area contributed by atoms with E-state index in [4.69, 9.17) is 10.5 Å². The number of rotatable bonds is 3. The molecule has 0 aliphatic carbocycles. The quantitative estimate of drug-likeness (QED) is 0.263. The van der Waals surface area contributed by atoms with Gasteiger partial charge in [0.1, 0.15) is 10.8 Å². The minimum Gasteiger partial charge on any atom is -0.402 e. The summed E-state index contributed by atoms with van der Waals surface area (Å²) in [6.07, 6.45) is 1.71. The standard InChI is InChI=1S/C23H20FN5O2S.ClH/c24-18-8-7-17(15-4-1-2-5-16(15)18)21-26-19(22(30)31-21)14-28-9-11-29(12-10-28)23(25)27-20-6-3-13-32-20;/h1-8,13-14H,9-12H2,(H2,25,27);1H. The third kappa shape index (κ3) is 4.69. The van der Waals surface area contributed by atoms with Gasteiger partial charge in [-0.1, -0.05) is 24.3 Å². The Morgan fingerprint density at radius 1 is 1.09 bits per heavy atom. The van der Waals surface area contributed by atoms with Crippen LogP contribution in [0, 0.1) is 5.82 Å². The lowest BCUT2D eigenvalue weighted by Crippen LogP contribution is -2.49. The van der Waals surface area contributed by atoms with E-state index in [-0.39, 0.29) is 29.8 Å². The normalized spacial score (nSPS) is 17.8. The van der Waals surface area contributed by atoms with E-state index in [0.29, 0.717) is 48.5 Å². The number of carbonyl (C=O) groups excluding carboxylic acids is 1. The Morgan fingerprint density at radius 3 is 2.58 bits per heavy atom. The highest BCUT2D eigenvalue weighted by Crippen LogP contribution is 2.26. The molecule has 7 nitrogen and oxygen atoms in total. The van der Waals surface area contributed by atoms with Crippen LogP contribution in [0.3, 0.4) is 0 Å². The number of guanidine groups is 1. The molecule has 33 heavy (non-hydrogen) atoms. The molecule has 2 N–H and O–H groups in total. The zero-order valence-corrected chi connectivity index (χ0v) is 19.1. The van der Waals surface area contributed by atoms with Crippen molar-refractivity contribution in [3.8, 4) is 0 Å². The van der Waals surface area contributed by atoms with Crippen LogP contribution >= 0.6 is 23.7 Å². The second-order valence-corrected chi connectivity index (χ2v) is 8.33. The van der Waals surface area contributed by atoms with Gasteiger partial charge in [-0.05, 0) is 35.0 Å². The van der Waals surface area contributed by atoms with Gasteiger partial charge in [0, 0.05) is 43.3 Å². The number of hydrogen-bond donors (Lipinski definition) is 1. The van der Waals surface area contributed by atoms with Gasteiger partial charge in [-0.2, -0.15) is 0 Å². The van der Waals surface area contributed by atoms with Crippen molar-refractivity contribution in [1.82, 2.24) is 9.80 Å². The predicted octanol–water partition coefficient (Wildman–Crippen LogP) is 3.87. The summed E-state index contributed by atoms with van der Waals surface area (Å²) in [7, 11) is 0. The van der Waals surface area contributed by atoms with Gasteiger partial charge in [0.25, 0.3) is 0 Å². The largest absolute Gasteiger partial charge is 0.402 e. The maximum atomic E-state index is 14.1. The van der Waals surface area contributed by atoms with Gasteiger partial charge in [-0.25, -0.2) is 19.2 Å².